The van der Waals surface area contributed by atoms with Gasteiger partial charge in [-0.15, -0.1) is 0 Å². The van der Waals surface area contributed by atoms with Gasteiger partial charge in [-0.2, -0.15) is 0 Å². The number of rotatable bonds is 5. The zero-order valence-electron chi connectivity index (χ0n) is 16.0. The van der Waals surface area contributed by atoms with Crippen molar-refractivity contribution in [2.75, 3.05) is 16.7 Å². The quantitative estimate of drug-likeness (QED) is 0.698. The van der Waals surface area contributed by atoms with Crippen molar-refractivity contribution in [3.63, 3.8) is 0 Å². The van der Waals surface area contributed by atoms with E-state index in [0.29, 0.717) is 11.3 Å². The molecule has 0 aliphatic heterocycles. The molecule has 0 radical (unpaired) electrons. The van der Waals surface area contributed by atoms with Crippen molar-refractivity contribution in [2.24, 2.45) is 0 Å². The van der Waals surface area contributed by atoms with Crippen molar-refractivity contribution in [1.29, 1.82) is 0 Å². The van der Waals surface area contributed by atoms with Gasteiger partial charge in [0.1, 0.15) is 0 Å². The number of carbonyl (C=O) groups excluding carboxylic acids is 1. The van der Waals surface area contributed by atoms with Crippen LogP contribution < -0.4 is 9.62 Å². The molecule has 0 aliphatic carbocycles. The number of carbonyl (C=O) groups is 1. The van der Waals surface area contributed by atoms with Gasteiger partial charge in [0.25, 0.3) is 15.9 Å². The SMILES string of the molecule is Cc1ccc(C)c(NS(=O)(=O)c2cccc(C(=O)N(C)c3ccccc3)c2)c1. The van der Waals surface area contributed by atoms with Gasteiger partial charge in [-0.1, -0.05) is 36.4 Å². The first kappa shape index (κ1) is 19.6. The molecular formula is C22H22N2O3S. The molecule has 3 rings (SSSR count). The summed E-state index contributed by atoms with van der Waals surface area (Å²) < 4.78 is 28.3. The van der Waals surface area contributed by atoms with E-state index in [2.05, 4.69) is 4.72 Å². The van der Waals surface area contributed by atoms with E-state index in [9.17, 15) is 13.2 Å². The lowest BCUT2D eigenvalue weighted by Gasteiger charge is -2.18. The molecule has 0 fully saturated rings. The molecular weight excluding hydrogens is 372 g/mol. The summed E-state index contributed by atoms with van der Waals surface area (Å²) in [4.78, 5) is 14.3. The van der Waals surface area contributed by atoms with Gasteiger partial charge in [-0.25, -0.2) is 8.42 Å². The topological polar surface area (TPSA) is 66.5 Å². The van der Waals surface area contributed by atoms with Crippen LogP contribution in [0.5, 0.6) is 0 Å². The Morgan fingerprint density at radius 1 is 0.893 bits per heavy atom. The molecule has 1 amide bonds. The molecule has 0 saturated heterocycles. The van der Waals surface area contributed by atoms with Crippen molar-refractivity contribution in [1.82, 2.24) is 0 Å². The normalized spacial score (nSPS) is 11.1. The fourth-order valence-corrected chi connectivity index (χ4v) is 3.98. The molecule has 0 aromatic heterocycles. The number of nitrogens with zero attached hydrogens (tertiary/aromatic N) is 1. The predicted molar refractivity (Wildman–Crippen MR) is 112 cm³/mol. The predicted octanol–water partition coefficient (Wildman–Crippen LogP) is 4.38. The van der Waals surface area contributed by atoms with Crippen LogP contribution in [0.1, 0.15) is 21.5 Å². The largest absolute Gasteiger partial charge is 0.311 e. The maximum absolute atomic E-state index is 12.8. The van der Waals surface area contributed by atoms with Crippen molar-refractivity contribution < 1.29 is 13.2 Å². The Morgan fingerprint density at radius 3 is 2.32 bits per heavy atom. The van der Waals surface area contributed by atoms with E-state index >= 15 is 0 Å². The minimum absolute atomic E-state index is 0.0423. The maximum Gasteiger partial charge on any atom is 0.261 e. The molecule has 0 aliphatic rings. The zero-order chi connectivity index (χ0) is 20.3. The second-order valence-electron chi connectivity index (χ2n) is 6.65. The average molecular weight is 394 g/mol. The number of anilines is 2. The molecule has 6 heteroatoms. The number of sulfonamides is 1. The van der Waals surface area contributed by atoms with Crippen LogP contribution in [0.4, 0.5) is 11.4 Å². The van der Waals surface area contributed by atoms with Gasteiger partial charge in [-0.05, 0) is 61.4 Å². The molecule has 0 spiro atoms. The van der Waals surface area contributed by atoms with E-state index < -0.39 is 10.0 Å². The number of para-hydroxylation sites is 1. The molecule has 0 unspecified atom stereocenters. The number of hydrogen-bond donors (Lipinski definition) is 1. The third-order valence-electron chi connectivity index (χ3n) is 4.48. The lowest BCUT2D eigenvalue weighted by molar-refractivity contribution is 0.0993. The monoisotopic (exact) mass is 394 g/mol. The van der Waals surface area contributed by atoms with Crippen LogP contribution in [0.3, 0.4) is 0 Å². The summed E-state index contributed by atoms with van der Waals surface area (Å²) >= 11 is 0. The smallest absolute Gasteiger partial charge is 0.261 e. The van der Waals surface area contributed by atoms with Crippen LogP contribution in [0, 0.1) is 13.8 Å². The summed E-state index contributed by atoms with van der Waals surface area (Å²) in [6.07, 6.45) is 0. The summed E-state index contributed by atoms with van der Waals surface area (Å²) in [7, 11) is -2.16. The molecule has 0 bridgehead atoms. The van der Waals surface area contributed by atoms with Crippen molar-refractivity contribution in [3.05, 3.63) is 89.5 Å². The number of amides is 1. The third kappa shape index (κ3) is 4.23. The van der Waals surface area contributed by atoms with Gasteiger partial charge in [0.2, 0.25) is 0 Å². The highest BCUT2D eigenvalue weighted by atomic mass is 32.2. The Kier molecular flexibility index (Phi) is 5.51. The standard InChI is InChI=1S/C22H22N2O3S/c1-16-12-13-17(2)21(14-16)23-28(26,27)20-11-7-8-18(15-20)22(25)24(3)19-9-5-4-6-10-19/h4-15,23H,1-3H3. The molecule has 5 nitrogen and oxygen atoms in total. The summed E-state index contributed by atoms with van der Waals surface area (Å²) in [5.41, 5.74) is 3.34. The molecule has 1 N–H and O–H groups in total. The van der Waals surface area contributed by atoms with Crippen LogP contribution in [-0.4, -0.2) is 21.4 Å². The second kappa shape index (κ2) is 7.86. The second-order valence-corrected chi connectivity index (χ2v) is 8.33. The number of benzene rings is 3. The van der Waals surface area contributed by atoms with E-state index in [-0.39, 0.29) is 10.8 Å². The minimum atomic E-state index is -3.82. The van der Waals surface area contributed by atoms with Gasteiger partial charge in [0.15, 0.2) is 0 Å². The highest BCUT2D eigenvalue weighted by Gasteiger charge is 2.19. The molecule has 0 heterocycles. The van der Waals surface area contributed by atoms with Gasteiger partial charge in [0, 0.05) is 18.3 Å². The highest BCUT2D eigenvalue weighted by molar-refractivity contribution is 7.92. The van der Waals surface area contributed by atoms with Gasteiger partial charge >= 0.3 is 0 Å². The Bertz CT molecular complexity index is 1110. The van der Waals surface area contributed by atoms with Crippen molar-refractivity contribution >= 4 is 27.3 Å². The first-order chi connectivity index (χ1) is 13.3. The Hall–Kier alpha value is -3.12. The summed E-state index contributed by atoms with van der Waals surface area (Å²) in [5, 5.41) is 0. The summed E-state index contributed by atoms with van der Waals surface area (Å²) in [6, 6.07) is 20.8. The minimum Gasteiger partial charge on any atom is -0.311 e. The van der Waals surface area contributed by atoms with E-state index in [0.717, 1.165) is 16.8 Å². The van der Waals surface area contributed by atoms with Gasteiger partial charge < -0.3 is 4.90 Å². The summed E-state index contributed by atoms with van der Waals surface area (Å²) in [6.45, 7) is 3.74. The first-order valence-electron chi connectivity index (χ1n) is 8.81. The van der Waals surface area contributed by atoms with E-state index in [1.807, 2.05) is 56.3 Å². The maximum atomic E-state index is 12.8. The van der Waals surface area contributed by atoms with Crippen LogP contribution in [0.2, 0.25) is 0 Å². The Balaban J connectivity index is 1.90. The molecule has 3 aromatic rings. The average Bonchev–Trinajstić information content (AvgIpc) is 2.70. The Labute approximate surface area is 165 Å². The number of hydrogen-bond acceptors (Lipinski definition) is 3. The van der Waals surface area contributed by atoms with E-state index in [1.165, 1.54) is 17.0 Å². The Morgan fingerprint density at radius 2 is 1.61 bits per heavy atom. The number of aryl methyl sites for hydroxylation is 2. The molecule has 144 valence electrons. The van der Waals surface area contributed by atoms with Crippen LogP contribution in [0.25, 0.3) is 0 Å². The zero-order valence-corrected chi connectivity index (χ0v) is 16.8. The van der Waals surface area contributed by atoms with Crippen LogP contribution >= 0.6 is 0 Å². The van der Waals surface area contributed by atoms with Crippen LogP contribution in [-0.2, 0) is 10.0 Å². The highest BCUT2D eigenvalue weighted by Crippen LogP contribution is 2.22. The fraction of sp³-hybridized carbons (Fsp3) is 0.136. The van der Waals surface area contributed by atoms with Gasteiger partial charge in [-0.3, -0.25) is 9.52 Å². The fourth-order valence-electron chi connectivity index (χ4n) is 2.81. The molecule has 0 atom stereocenters. The lowest BCUT2D eigenvalue weighted by Crippen LogP contribution is -2.26. The summed E-state index contributed by atoms with van der Waals surface area (Å²) in [5.74, 6) is -0.282. The first-order valence-corrected chi connectivity index (χ1v) is 10.3. The van der Waals surface area contributed by atoms with E-state index in [1.54, 1.807) is 25.2 Å². The third-order valence-corrected chi connectivity index (χ3v) is 5.84. The van der Waals surface area contributed by atoms with E-state index in [4.69, 9.17) is 0 Å². The van der Waals surface area contributed by atoms with Crippen molar-refractivity contribution in [2.45, 2.75) is 18.7 Å². The number of nitrogens with one attached hydrogen (secondary N) is 1. The van der Waals surface area contributed by atoms with Crippen molar-refractivity contribution in [3.8, 4) is 0 Å². The van der Waals surface area contributed by atoms with Gasteiger partial charge in [0.05, 0.1) is 10.6 Å². The molecule has 28 heavy (non-hydrogen) atoms. The lowest BCUT2D eigenvalue weighted by atomic mass is 10.1. The molecule has 3 aromatic carbocycles. The van der Waals surface area contributed by atoms with Crippen LogP contribution in [0.15, 0.2) is 77.7 Å². The molecule has 0 saturated carbocycles.